The van der Waals surface area contributed by atoms with Crippen molar-refractivity contribution >= 4 is 34.0 Å². The molecule has 0 radical (unpaired) electrons. The first-order chi connectivity index (χ1) is 14.9. The van der Waals surface area contributed by atoms with Crippen LogP contribution in [0.15, 0.2) is 54.6 Å². The number of fused-ring (bicyclic) bond motifs is 1. The molecule has 0 aliphatic rings. The van der Waals surface area contributed by atoms with Crippen LogP contribution in [0.3, 0.4) is 0 Å². The molecular weight excluding hydrogens is 397 g/mol. The molecule has 0 aliphatic carbocycles. The summed E-state index contributed by atoms with van der Waals surface area (Å²) in [5.74, 6) is 1.68. The molecule has 1 heterocycles. The molecule has 8 heteroatoms. The second kappa shape index (κ2) is 9.69. The van der Waals surface area contributed by atoms with E-state index in [1.165, 1.54) is 19.5 Å². The van der Waals surface area contributed by atoms with Crippen LogP contribution in [0.2, 0.25) is 0 Å². The van der Waals surface area contributed by atoms with Crippen LogP contribution in [0, 0.1) is 12.3 Å². The van der Waals surface area contributed by atoms with E-state index >= 15 is 0 Å². The maximum atomic E-state index is 14.2. The third-order valence-corrected chi connectivity index (χ3v) is 4.35. The van der Waals surface area contributed by atoms with Gasteiger partial charge in [-0.25, -0.2) is 14.4 Å². The van der Waals surface area contributed by atoms with Gasteiger partial charge >= 0.3 is 0 Å². The number of nitrogens with zero attached hydrogens (tertiary/aromatic N) is 3. The number of carbonyl (C=O) groups is 1. The molecule has 3 rings (SSSR count). The van der Waals surface area contributed by atoms with E-state index in [1.54, 1.807) is 31.1 Å². The summed E-state index contributed by atoms with van der Waals surface area (Å²) in [5.41, 5.74) is 2.35. The van der Waals surface area contributed by atoms with Crippen LogP contribution in [0.1, 0.15) is 5.56 Å². The molecule has 0 unspecified atom stereocenters. The maximum Gasteiger partial charge on any atom is 0.284 e. The van der Waals surface area contributed by atoms with Crippen molar-refractivity contribution in [3.63, 3.8) is 0 Å². The van der Waals surface area contributed by atoms with Crippen LogP contribution in [0.5, 0.6) is 5.75 Å². The van der Waals surface area contributed by atoms with Gasteiger partial charge in [0.25, 0.3) is 5.91 Å². The minimum Gasteiger partial charge on any atom is -0.494 e. The second-order valence-corrected chi connectivity index (χ2v) is 6.91. The number of benzene rings is 2. The van der Waals surface area contributed by atoms with E-state index in [0.717, 1.165) is 11.3 Å². The Kier molecular flexibility index (Phi) is 6.80. The molecule has 31 heavy (non-hydrogen) atoms. The van der Waals surface area contributed by atoms with Gasteiger partial charge in [0.2, 0.25) is 0 Å². The highest BCUT2D eigenvalue weighted by molar-refractivity contribution is 6.05. The van der Waals surface area contributed by atoms with Crippen molar-refractivity contribution in [1.82, 2.24) is 14.9 Å². The molecular formula is C23H22FN5O2. The number of nitrogens with one attached hydrogen (secondary N) is 2. The molecule has 7 nitrogen and oxygen atoms in total. The maximum absolute atomic E-state index is 14.2. The summed E-state index contributed by atoms with van der Waals surface area (Å²) in [6.45, 7) is 0.298. The predicted octanol–water partition coefficient (Wildman–Crippen LogP) is 3.72. The van der Waals surface area contributed by atoms with Gasteiger partial charge in [0, 0.05) is 29.2 Å². The highest BCUT2D eigenvalue weighted by Crippen LogP contribution is 2.33. The summed E-state index contributed by atoms with van der Waals surface area (Å²) >= 11 is 0. The Morgan fingerprint density at radius 2 is 2.10 bits per heavy atom. The van der Waals surface area contributed by atoms with Crippen molar-refractivity contribution in [2.75, 3.05) is 38.4 Å². The van der Waals surface area contributed by atoms with Crippen LogP contribution in [0.4, 0.5) is 21.6 Å². The summed E-state index contributed by atoms with van der Waals surface area (Å²) in [4.78, 5) is 22.6. The summed E-state index contributed by atoms with van der Waals surface area (Å²) < 4.78 is 19.5. The number of ether oxygens (including phenoxy) is 1. The smallest absolute Gasteiger partial charge is 0.284 e. The topological polar surface area (TPSA) is 79.4 Å². The van der Waals surface area contributed by atoms with Crippen LogP contribution in [-0.4, -0.2) is 48.5 Å². The SMILES string of the molecule is C#Cc1cccc(Nc2ncnc3cc(OC)c(NC(=O)/C(F)=C/CN(C)C)cc23)c1. The molecule has 0 spiro atoms. The highest BCUT2D eigenvalue weighted by Gasteiger charge is 2.15. The molecule has 1 amide bonds. The van der Waals surface area contributed by atoms with Crippen molar-refractivity contribution in [3.8, 4) is 18.1 Å². The molecule has 0 saturated carbocycles. The van der Waals surface area contributed by atoms with Crippen molar-refractivity contribution < 1.29 is 13.9 Å². The van der Waals surface area contributed by atoms with Gasteiger partial charge in [-0.3, -0.25) is 4.79 Å². The van der Waals surface area contributed by atoms with Crippen molar-refractivity contribution in [1.29, 1.82) is 0 Å². The summed E-state index contributed by atoms with van der Waals surface area (Å²) in [7, 11) is 5.02. The first-order valence-corrected chi connectivity index (χ1v) is 9.39. The Bertz CT molecular complexity index is 1180. The molecule has 0 bridgehead atoms. The third kappa shape index (κ3) is 5.35. The van der Waals surface area contributed by atoms with Gasteiger partial charge in [-0.1, -0.05) is 12.0 Å². The van der Waals surface area contributed by atoms with Gasteiger partial charge in [-0.15, -0.1) is 6.42 Å². The zero-order valence-electron chi connectivity index (χ0n) is 17.4. The Balaban J connectivity index is 1.97. The van der Waals surface area contributed by atoms with Crippen molar-refractivity contribution in [3.05, 3.63) is 60.2 Å². The second-order valence-electron chi connectivity index (χ2n) is 6.91. The number of hydrogen-bond acceptors (Lipinski definition) is 6. The van der Waals surface area contributed by atoms with E-state index in [9.17, 15) is 9.18 Å². The average Bonchev–Trinajstić information content (AvgIpc) is 2.77. The van der Waals surface area contributed by atoms with Crippen LogP contribution < -0.4 is 15.4 Å². The van der Waals surface area contributed by atoms with E-state index in [1.807, 2.05) is 24.3 Å². The molecule has 0 atom stereocenters. The number of likely N-dealkylation sites (N-methyl/N-ethyl adjacent to an activating group) is 1. The van der Waals surface area contributed by atoms with Crippen molar-refractivity contribution in [2.45, 2.75) is 0 Å². The monoisotopic (exact) mass is 419 g/mol. The van der Waals surface area contributed by atoms with E-state index in [2.05, 4.69) is 26.5 Å². The lowest BCUT2D eigenvalue weighted by Crippen LogP contribution is -2.16. The molecule has 0 saturated heterocycles. The fraction of sp³-hybridized carbons (Fsp3) is 0.174. The lowest BCUT2D eigenvalue weighted by atomic mass is 10.1. The molecule has 158 valence electrons. The number of rotatable bonds is 7. The Labute approximate surface area is 180 Å². The van der Waals surface area contributed by atoms with Gasteiger partial charge in [0.05, 0.1) is 18.3 Å². The largest absolute Gasteiger partial charge is 0.494 e. The molecule has 2 N–H and O–H groups in total. The Morgan fingerprint density at radius 1 is 1.29 bits per heavy atom. The van der Waals surface area contributed by atoms with E-state index in [0.29, 0.717) is 34.7 Å². The first kappa shape index (κ1) is 21.7. The van der Waals surface area contributed by atoms with E-state index in [-0.39, 0.29) is 0 Å². The number of methoxy groups -OCH3 is 1. The zero-order chi connectivity index (χ0) is 22.4. The number of amides is 1. The van der Waals surface area contributed by atoms with Crippen LogP contribution >= 0.6 is 0 Å². The minimum absolute atomic E-state index is 0.295. The highest BCUT2D eigenvalue weighted by atomic mass is 19.1. The van der Waals surface area contributed by atoms with Gasteiger partial charge in [0.15, 0.2) is 5.83 Å². The first-order valence-electron chi connectivity index (χ1n) is 9.39. The average molecular weight is 419 g/mol. The number of halogens is 1. The van der Waals surface area contributed by atoms with Gasteiger partial charge in [-0.2, -0.15) is 0 Å². The molecule has 0 aliphatic heterocycles. The lowest BCUT2D eigenvalue weighted by molar-refractivity contribution is -0.114. The fourth-order valence-electron chi connectivity index (χ4n) is 2.81. The fourth-order valence-corrected chi connectivity index (χ4v) is 2.81. The quantitative estimate of drug-likeness (QED) is 0.449. The number of carbonyl (C=O) groups excluding carboxylic acids is 1. The van der Waals surface area contributed by atoms with Crippen LogP contribution in [-0.2, 0) is 4.79 Å². The molecule has 3 aromatic rings. The summed E-state index contributed by atoms with van der Waals surface area (Å²) in [6.07, 6.45) is 8.09. The minimum atomic E-state index is -0.885. The zero-order valence-corrected chi connectivity index (χ0v) is 17.4. The summed E-state index contributed by atoms with van der Waals surface area (Å²) in [6, 6.07) is 10.6. The van der Waals surface area contributed by atoms with Crippen LogP contribution in [0.25, 0.3) is 10.9 Å². The molecule has 0 fully saturated rings. The van der Waals surface area contributed by atoms with Gasteiger partial charge < -0.3 is 20.3 Å². The molecule has 2 aromatic carbocycles. The summed E-state index contributed by atoms with van der Waals surface area (Å²) in [5, 5.41) is 6.37. The standard InChI is InChI=1S/C23H22FN5O2/c1-5-15-7-6-8-16(11-15)27-22-17-12-20(21(31-4)13-19(17)25-14-26-22)28-23(30)18(24)9-10-29(2)3/h1,6-9,11-14H,10H2,2-4H3,(H,28,30)(H,25,26,27)/b18-9-. The van der Waals surface area contributed by atoms with E-state index < -0.39 is 11.7 Å². The molecule has 1 aromatic heterocycles. The predicted molar refractivity (Wildman–Crippen MR) is 120 cm³/mol. The Morgan fingerprint density at radius 3 is 2.81 bits per heavy atom. The normalized spacial score (nSPS) is 11.3. The van der Waals surface area contributed by atoms with E-state index in [4.69, 9.17) is 11.2 Å². The number of hydrogen-bond donors (Lipinski definition) is 2. The third-order valence-electron chi connectivity index (χ3n) is 4.35. The van der Waals surface area contributed by atoms with Crippen molar-refractivity contribution in [2.24, 2.45) is 0 Å². The van der Waals surface area contributed by atoms with Gasteiger partial charge in [-0.05, 0) is 44.4 Å². The van der Waals surface area contributed by atoms with Gasteiger partial charge in [0.1, 0.15) is 17.9 Å². The Hall–Kier alpha value is -3.96. The number of aromatic nitrogens is 2. The number of anilines is 3. The lowest BCUT2D eigenvalue weighted by Gasteiger charge is -2.14. The number of terminal acetylenes is 1.